The first-order valence-electron chi connectivity index (χ1n) is 5.93. The lowest BCUT2D eigenvalue weighted by molar-refractivity contribution is -0.142. The van der Waals surface area contributed by atoms with Gasteiger partial charge in [-0.1, -0.05) is 11.6 Å². The average Bonchev–Trinajstić information content (AvgIpc) is 2.99. The zero-order valence-electron chi connectivity index (χ0n) is 10.8. The van der Waals surface area contributed by atoms with Crippen molar-refractivity contribution in [1.29, 1.82) is 0 Å². The summed E-state index contributed by atoms with van der Waals surface area (Å²) in [4.78, 5) is 26.8. The lowest BCUT2D eigenvalue weighted by Crippen LogP contribution is -2.20. The first-order valence-corrected chi connectivity index (χ1v) is 6.31. The number of carbonyl (C=O) groups is 2. The number of anilines is 1. The van der Waals surface area contributed by atoms with Gasteiger partial charge in [0.1, 0.15) is 11.6 Å². The Morgan fingerprint density at radius 3 is 2.90 bits per heavy atom. The highest BCUT2D eigenvalue weighted by Crippen LogP contribution is 2.09. The van der Waals surface area contributed by atoms with Crippen LogP contribution in [-0.2, 0) is 14.3 Å². The molecule has 0 saturated heterocycles. The molecule has 0 unspecified atom stereocenters. The molecule has 2 heterocycles. The molecule has 21 heavy (non-hydrogen) atoms. The molecule has 2 aromatic heterocycles. The van der Waals surface area contributed by atoms with Gasteiger partial charge in [0.05, 0.1) is 11.3 Å². The minimum atomic E-state index is -0.648. The lowest BCUT2D eigenvalue weighted by Gasteiger charge is -2.04. The molecule has 0 aliphatic rings. The Morgan fingerprint density at radius 2 is 2.24 bits per heavy atom. The first-order chi connectivity index (χ1) is 10.1. The van der Waals surface area contributed by atoms with E-state index >= 15 is 0 Å². The van der Waals surface area contributed by atoms with Gasteiger partial charge < -0.3 is 14.5 Å². The highest BCUT2D eigenvalue weighted by molar-refractivity contribution is 6.30. The van der Waals surface area contributed by atoms with Crippen molar-refractivity contribution >= 4 is 35.4 Å². The van der Waals surface area contributed by atoms with Crippen LogP contribution in [0.15, 0.2) is 47.2 Å². The number of pyridine rings is 1. The van der Waals surface area contributed by atoms with E-state index in [0.717, 1.165) is 0 Å². The monoisotopic (exact) mass is 306 g/mol. The summed E-state index contributed by atoms with van der Waals surface area (Å²) in [5.41, 5.74) is 0. The van der Waals surface area contributed by atoms with Crippen LogP contribution in [0.1, 0.15) is 5.76 Å². The van der Waals surface area contributed by atoms with E-state index in [0.29, 0.717) is 16.6 Å². The van der Waals surface area contributed by atoms with Crippen LogP contribution in [0.5, 0.6) is 0 Å². The van der Waals surface area contributed by atoms with E-state index in [1.54, 1.807) is 24.3 Å². The van der Waals surface area contributed by atoms with E-state index in [9.17, 15) is 9.59 Å². The minimum Gasteiger partial charge on any atom is -0.465 e. The van der Waals surface area contributed by atoms with E-state index in [4.69, 9.17) is 20.8 Å². The van der Waals surface area contributed by atoms with E-state index in [-0.39, 0.29) is 0 Å². The summed E-state index contributed by atoms with van der Waals surface area (Å²) in [7, 11) is 0. The molecular weight excluding hydrogens is 296 g/mol. The van der Waals surface area contributed by atoms with Crippen LogP contribution in [0.25, 0.3) is 6.08 Å². The van der Waals surface area contributed by atoms with Crippen molar-refractivity contribution < 1.29 is 18.7 Å². The van der Waals surface area contributed by atoms with Gasteiger partial charge in [-0.15, -0.1) is 0 Å². The Morgan fingerprint density at radius 1 is 1.38 bits per heavy atom. The number of esters is 1. The third kappa shape index (κ3) is 5.12. The predicted molar refractivity (Wildman–Crippen MR) is 76.6 cm³/mol. The van der Waals surface area contributed by atoms with Crippen molar-refractivity contribution in [3.63, 3.8) is 0 Å². The van der Waals surface area contributed by atoms with Gasteiger partial charge in [-0.2, -0.15) is 0 Å². The number of nitrogens with one attached hydrogen (secondary N) is 1. The summed E-state index contributed by atoms with van der Waals surface area (Å²) in [6.45, 7) is -0.411. The molecule has 6 nitrogen and oxygen atoms in total. The molecule has 1 N–H and O–H groups in total. The fourth-order valence-corrected chi connectivity index (χ4v) is 1.46. The highest BCUT2D eigenvalue weighted by atomic mass is 35.5. The summed E-state index contributed by atoms with van der Waals surface area (Å²) in [6.07, 6.45) is 5.50. The van der Waals surface area contributed by atoms with Crippen molar-refractivity contribution in [2.45, 2.75) is 0 Å². The Kier molecular flexibility index (Phi) is 5.11. The molecule has 0 bridgehead atoms. The van der Waals surface area contributed by atoms with Crippen LogP contribution >= 0.6 is 11.6 Å². The molecule has 0 aliphatic carbocycles. The maximum absolute atomic E-state index is 11.5. The SMILES string of the molecule is O=C(COC(=O)/C=C/c1ccco1)Nc1ccc(Cl)cn1. The zero-order chi connectivity index (χ0) is 15.1. The van der Waals surface area contributed by atoms with E-state index in [1.807, 2.05) is 0 Å². The van der Waals surface area contributed by atoms with Gasteiger partial charge in [0.2, 0.25) is 0 Å². The quantitative estimate of drug-likeness (QED) is 0.678. The molecule has 108 valence electrons. The molecular formula is C14H11ClN2O4. The number of aromatic nitrogens is 1. The smallest absolute Gasteiger partial charge is 0.331 e. The average molecular weight is 307 g/mol. The van der Waals surface area contributed by atoms with Crippen molar-refractivity contribution in [3.05, 3.63) is 53.6 Å². The fraction of sp³-hybridized carbons (Fsp3) is 0.0714. The summed E-state index contributed by atoms with van der Waals surface area (Å²) < 4.78 is 9.77. The zero-order valence-corrected chi connectivity index (χ0v) is 11.5. The Bertz CT molecular complexity index is 636. The Labute approximate surface area is 125 Å². The van der Waals surface area contributed by atoms with Crippen LogP contribution in [0.2, 0.25) is 5.02 Å². The number of rotatable bonds is 5. The Balaban J connectivity index is 1.75. The van der Waals surface area contributed by atoms with Gasteiger partial charge in [-0.25, -0.2) is 9.78 Å². The second-order valence-electron chi connectivity index (χ2n) is 3.87. The van der Waals surface area contributed by atoms with Crippen molar-refractivity contribution in [1.82, 2.24) is 4.98 Å². The summed E-state index contributed by atoms with van der Waals surface area (Å²) in [5.74, 6) is -0.302. The van der Waals surface area contributed by atoms with E-state index in [1.165, 1.54) is 24.6 Å². The number of hydrogen-bond acceptors (Lipinski definition) is 5. The summed E-state index contributed by atoms with van der Waals surface area (Å²) in [5, 5.41) is 2.93. The molecule has 1 amide bonds. The van der Waals surface area contributed by atoms with Crippen LogP contribution in [-0.4, -0.2) is 23.5 Å². The number of halogens is 1. The van der Waals surface area contributed by atoms with Gasteiger partial charge in [0.25, 0.3) is 5.91 Å². The number of furan rings is 1. The largest absolute Gasteiger partial charge is 0.465 e. The molecule has 0 aromatic carbocycles. The maximum atomic E-state index is 11.5. The molecule has 2 aromatic rings. The molecule has 0 saturated carbocycles. The molecule has 0 fully saturated rings. The van der Waals surface area contributed by atoms with Crippen molar-refractivity contribution in [2.75, 3.05) is 11.9 Å². The number of ether oxygens (including phenoxy) is 1. The molecule has 0 atom stereocenters. The third-order valence-electron chi connectivity index (χ3n) is 2.27. The Hall–Kier alpha value is -2.60. The molecule has 0 spiro atoms. The van der Waals surface area contributed by atoms with E-state index < -0.39 is 18.5 Å². The normalized spacial score (nSPS) is 10.5. The van der Waals surface area contributed by atoms with Crippen LogP contribution in [0, 0.1) is 0 Å². The number of carbonyl (C=O) groups excluding carboxylic acids is 2. The van der Waals surface area contributed by atoms with Gasteiger partial charge in [-0.3, -0.25) is 4.79 Å². The second kappa shape index (κ2) is 7.25. The standard InChI is InChI=1S/C14H11ClN2O4/c15-10-3-5-12(16-8-10)17-13(18)9-21-14(19)6-4-11-2-1-7-20-11/h1-8H,9H2,(H,16,17,18)/b6-4+. The van der Waals surface area contributed by atoms with Crippen molar-refractivity contribution in [2.24, 2.45) is 0 Å². The fourth-order valence-electron chi connectivity index (χ4n) is 1.35. The molecule has 0 radical (unpaired) electrons. The maximum Gasteiger partial charge on any atom is 0.331 e. The summed E-state index contributed by atoms with van der Waals surface area (Å²) in [6, 6.07) is 6.50. The van der Waals surface area contributed by atoms with Gasteiger partial charge in [-0.05, 0) is 30.3 Å². The lowest BCUT2D eigenvalue weighted by atomic mass is 10.4. The predicted octanol–water partition coefficient (Wildman–Crippen LogP) is 2.52. The van der Waals surface area contributed by atoms with Crippen LogP contribution in [0.3, 0.4) is 0 Å². The van der Waals surface area contributed by atoms with E-state index in [2.05, 4.69) is 10.3 Å². The van der Waals surface area contributed by atoms with Crippen LogP contribution < -0.4 is 5.32 Å². The minimum absolute atomic E-state index is 0.326. The second-order valence-corrected chi connectivity index (χ2v) is 4.30. The molecule has 0 aliphatic heterocycles. The van der Waals surface area contributed by atoms with Crippen LogP contribution in [0.4, 0.5) is 5.82 Å². The highest BCUT2D eigenvalue weighted by Gasteiger charge is 2.06. The molecule has 2 rings (SSSR count). The van der Waals surface area contributed by atoms with Gasteiger partial charge in [0, 0.05) is 12.3 Å². The number of nitrogens with zero attached hydrogens (tertiary/aromatic N) is 1. The van der Waals surface area contributed by atoms with Gasteiger partial charge in [0.15, 0.2) is 6.61 Å². The summed E-state index contributed by atoms with van der Waals surface area (Å²) >= 11 is 5.67. The topological polar surface area (TPSA) is 81.4 Å². The first kappa shape index (κ1) is 14.8. The third-order valence-corrected chi connectivity index (χ3v) is 2.49. The number of amides is 1. The molecule has 7 heteroatoms. The van der Waals surface area contributed by atoms with Crippen molar-refractivity contribution in [3.8, 4) is 0 Å². The van der Waals surface area contributed by atoms with Gasteiger partial charge >= 0.3 is 5.97 Å². The number of hydrogen-bond donors (Lipinski definition) is 1.